The van der Waals surface area contributed by atoms with Crippen LogP contribution in [0.25, 0.3) is 16.0 Å². The number of nitro benzene ring substituents is 1. The number of fused-ring (bicyclic) bond motifs is 1. The van der Waals surface area contributed by atoms with Gasteiger partial charge in [-0.05, 0) is 66.1 Å². The number of nitro groups is 1. The molecule has 5 rings (SSSR count). The molecule has 8 nitrogen and oxygen atoms in total. The second kappa shape index (κ2) is 9.18. The number of ketones is 1. The lowest BCUT2D eigenvalue weighted by Gasteiger charge is -2.22. The van der Waals surface area contributed by atoms with E-state index in [9.17, 15) is 24.8 Å². The van der Waals surface area contributed by atoms with Gasteiger partial charge in [-0.15, -0.1) is 0 Å². The van der Waals surface area contributed by atoms with E-state index in [1.165, 1.54) is 40.5 Å². The van der Waals surface area contributed by atoms with Gasteiger partial charge < -0.3 is 5.11 Å². The minimum atomic E-state index is -1.03. The topological polar surface area (TPSA) is 114 Å². The van der Waals surface area contributed by atoms with Crippen molar-refractivity contribution in [2.24, 2.45) is 0 Å². The Hall–Kier alpha value is -4.08. The Bertz CT molecular complexity index is 1560. The Morgan fingerprint density at radius 1 is 1.11 bits per heavy atom. The van der Waals surface area contributed by atoms with Crippen LogP contribution in [0.1, 0.15) is 29.7 Å². The molecule has 1 aliphatic heterocycles. The van der Waals surface area contributed by atoms with Crippen LogP contribution in [0.3, 0.4) is 0 Å². The summed E-state index contributed by atoms with van der Waals surface area (Å²) in [6.45, 7) is 2.03. The Labute approximate surface area is 214 Å². The molecule has 3 aromatic carbocycles. The number of Topliss-reactive ketones (excluding diaryl/α,β-unsaturated/α-hetero) is 1. The third-order valence-corrected chi connectivity index (χ3v) is 7.31. The lowest BCUT2D eigenvalue weighted by atomic mass is 9.95. The fraction of sp³-hybridized carbons (Fsp3) is 0.115. The van der Waals surface area contributed by atoms with E-state index in [2.05, 4.69) is 4.98 Å². The van der Waals surface area contributed by atoms with Crippen molar-refractivity contribution >= 4 is 61.4 Å². The number of anilines is 1. The van der Waals surface area contributed by atoms with Crippen molar-refractivity contribution < 1.29 is 19.6 Å². The normalized spacial score (nSPS) is 17.2. The Morgan fingerprint density at radius 2 is 1.81 bits per heavy atom. The fourth-order valence-electron chi connectivity index (χ4n) is 4.17. The Kier molecular flexibility index (Phi) is 6.03. The number of amides is 1. The average Bonchev–Trinajstić information content (AvgIpc) is 3.41. The summed E-state index contributed by atoms with van der Waals surface area (Å²) in [6.07, 6.45) is 0.831. The van der Waals surface area contributed by atoms with Gasteiger partial charge in [-0.1, -0.05) is 35.9 Å². The smallest absolute Gasteiger partial charge is 0.301 e. The van der Waals surface area contributed by atoms with Gasteiger partial charge in [0.1, 0.15) is 5.76 Å². The number of benzene rings is 3. The van der Waals surface area contributed by atoms with Crippen LogP contribution in [0.4, 0.5) is 10.8 Å². The summed E-state index contributed by atoms with van der Waals surface area (Å²) in [4.78, 5) is 43.1. The molecule has 10 heteroatoms. The van der Waals surface area contributed by atoms with E-state index in [-0.39, 0.29) is 17.0 Å². The van der Waals surface area contributed by atoms with Crippen LogP contribution in [-0.2, 0) is 16.0 Å². The van der Waals surface area contributed by atoms with E-state index in [0.717, 1.165) is 16.7 Å². The summed E-state index contributed by atoms with van der Waals surface area (Å²) in [6, 6.07) is 16.5. The van der Waals surface area contributed by atoms with Crippen LogP contribution >= 0.6 is 22.9 Å². The first-order valence-electron chi connectivity index (χ1n) is 11.0. The van der Waals surface area contributed by atoms with Crippen LogP contribution in [0.15, 0.2) is 72.3 Å². The van der Waals surface area contributed by atoms with Crippen LogP contribution < -0.4 is 4.90 Å². The lowest BCUT2D eigenvalue weighted by molar-refractivity contribution is -0.384. The van der Waals surface area contributed by atoms with E-state index in [4.69, 9.17) is 11.6 Å². The summed E-state index contributed by atoms with van der Waals surface area (Å²) in [5, 5.41) is 23.1. The van der Waals surface area contributed by atoms with E-state index < -0.39 is 22.7 Å². The molecule has 180 valence electrons. The highest BCUT2D eigenvalue weighted by Gasteiger charge is 2.48. The SMILES string of the molecule is CCc1ccc2nc(N3C(=O)C(=O)C(=C(O)c4ccc(Cl)cc4)[C@@H]3c3ccc([N+](=O)[O-])cc3)sc2c1. The predicted octanol–water partition coefficient (Wildman–Crippen LogP) is 6.05. The third-order valence-electron chi connectivity index (χ3n) is 6.04. The highest BCUT2D eigenvalue weighted by molar-refractivity contribution is 7.22. The highest BCUT2D eigenvalue weighted by atomic mass is 35.5. The van der Waals surface area contributed by atoms with Crippen molar-refractivity contribution in [1.82, 2.24) is 4.98 Å². The van der Waals surface area contributed by atoms with Gasteiger partial charge in [0, 0.05) is 22.7 Å². The first kappa shape index (κ1) is 23.7. The molecule has 0 spiro atoms. The van der Waals surface area contributed by atoms with Crippen molar-refractivity contribution in [2.75, 3.05) is 4.90 Å². The molecule has 0 aliphatic carbocycles. The molecule has 1 saturated heterocycles. The summed E-state index contributed by atoms with van der Waals surface area (Å²) in [5.41, 5.74) is 2.24. The van der Waals surface area contributed by atoms with Crippen molar-refractivity contribution in [3.8, 4) is 0 Å². The number of hydrogen-bond donors (Lipinski definition) is 1. The number of halogens is 1. The third kappa shape index (κ3) is 4.02. The molecule has 0 radical (unpaired) electrons. The molecule has 0 unspecified atom stereocenters. The molecule has 1 N–H and O–H groups in total. The fourth-order valence-corrected chi connectivity index (χ4v) is 5.35. The van der Waals surface area contributed by atoms with Gasteiger partial charge in [0.15, 0.2) is 5.13 Å². The van der Waals surface area contributed by atoms with Crippen molar-refractivity contribution in [1.29, 1.82) is 0 Å². The van der Waals surface area contributed by atoms with E-state index in [1.54, 1.807) is 24.3 Å². The number of aromatic nitrogens is 1. The average molecular weight is 520 g/mol. The van der Waals surface area contributed by atoms with Crippen LogP contribution in [0, 0.1) is 10.1 Å². The van der Waals surface area contributed by atoms with Crippen LogP contribution in [-0.4, -0.2) is 26.7 Å². The maximum absolute atomic E-state index is 13.3. The predicted molar refractivity (Wildman–Crippen MR) is 138 cm³/mol. The number of thiazole rings is 1. The Morgan fingerprint density at radius 3 is 2.44 bits per heavy atom. The molecule has 0 saturated carbocycles. The van der Waals surface area contributed by atoms with E-state index >= 15 is 0 Å². The minimum Gasteiger partial charge on any atom is -0.507 e. The minimum absolute atomic E-state index is 0.135. The molecule has 1 amide bonds. The molecule has 1 fully saturated rings. The molecule has 1 aliphatic rings. The molecular weight excluding hydrogens is 502 g/mol. The number of aliphatic hydroxyl groups excluding tert-OH is 1. The molecule has 1 aromatic heterocycles. The number of non-ortho nitro benzene ring substituents is 1. The van der Waals surface area contributed by atoms with E-state index in [0.29, 0.717) is 26.8 Å². The molecule has 2 heterocycles. The molecule has 36 heavy (non-hydrogen) atoms. The zero-order valence-corrected chi connectivity index (χ0v) is 20.4. The zero-order chi connectivity index (χ0) is 25.6. The molecule has 0 bridgehead atoms. The molecule has 1 atom stereocenters. The van der Waals surface area contributed by atoms with Gasteiger partial charge in [-0.2, -0.15) is 0 Å². The summed E-state index contributed by atoms with van der Waals surface area (Å²) >= 11 is 7.23. The molecule has 4 aromatic rings. The summed E-state index contributed by atoms with van der Waals surface area (Å²) in [7, 11) is 0. The Balaban J connectivity index is 1.71. The van der Waals surface area contributed by atoms with E-state index in [1.807, 2.05) is 25.1 Å². The van der Waals surface area contributed by atoms with Crippen LogP contribution in [0.2, 0.25) is 5.02 Å². The summed E-state index contributed by atoms with van der Waals surface area (Å²) < 4.78 is 0.853. The first-order chi connectivity index (χ1) is 17.3. The first-order valence-corrected chi connectivity index (χ1v) is 12.2. The maximum Gasteiger partial charge on any atom is 0.301 e. The number of carbonyl (C=O) groups excluding carboxylic acids is 2. The van der Waals surface area contributed by atoms with Gasteiger partial charge in [0.2, 0.25) is 0 Å². The number of hydrogen-bond acceptors (Lipinski definition) is 7. The van der Waals surface area contributed by atoms with Crippen molar-refractivity contribution in [3.05, 3.63) is 104 Å². The van der Waals surface area contributed by atoms with Gasteiger partial charge in [0.25, 0.3) is 11.5 Å². The van der Waals surface area contributed by atoms with Crippen LogP contribution in [0.5, 0.6) is 0 Å². The lowest BCUT2D eigenvalue weighted by Crippen LogP contribution is -2.29. The second-order valence-electron chi connectivity index (χ2n) is 8.18. The monoisotopic (exact) mass is 519 g/mol. The number of aryl methyl sites for hydroxylation is 1. The second-order valence-corrected chi connectivity index (χ2v) is 9.62. The number of nitrogens with zero attached hydrogens (tertiary/aromatic N) is 3. The van der Waals surface area contributed by atoms with Gasteiger partial charge in [-0.3, -0.25) is 24.6 Å². The number of rotatable bonds is 5. The maximum atomic E-state index is 13.3. The standard InChI is InChI=1S/C26H18ClN3O5S/c1-2-14-3-12-19-20(13-14)36-26(28-19)29-22(15-6-10-18(11-7-15)30(34)35)21(24(32)25(29)33)23(31)16-4-8-17(27)9-5-16/h3-13,22,31H,2H2,1H3/t22-/m0/s1. The highest BCUT2D eigenvalue weighted by Crippen LogP contribution is 2.44. The van der Waals surface area contributed by atoms with Gasteiger partial charge >= 0.3 is 5.91 Å². The summed E-state index contributed by atoms with van der Waals surface area (Å²) in [5.74, 6) is -2.09. The van der Waals surface area contributed by atoms with Gasteiger partial charge in [0.05, 0.1) is 26.8 Å². The van der Waals surface area contributed by atoms with Gasteiger partial charge in [-0.25, -0.2) is 4.98 Å². The largest absolute Gasteiger partial charge is 0.507 e. The van der Waals surface area contributed by atoms with Crippen molar-refractivity contribution in [3.63, 3.8) is 0 Å². The number of aliphatic hydroxyl groups is 1. The zero-order valence-electron chi connectivity index (χ0n) is 18.8. The number of carbonyl (C=O) groups is 2. The van der Waals surface area contributed by atoms with Crippen molar-refractivity contribution in [2.45, 2.75) is 19.4 Å². The quantitative estimate of drug-likeness (QED) is 0.113. The molecular formula is C26H18ClN3O5S.